The van der Waals surface area contributed by atoms with Gasteiger partial charge < -0.3 is 10.6 Å². The second kappa shape index (κ2) is 7.70. The van der Waals surface area contributed by atoms with Gasteiger partial charge in [-0.15, -0.1) is 11.3 Å². The molecule has 0 fully saturated rings. The van der Waals surface area contributed by atoms with Crippen LogP contribution in [-0.2, 0) is 17.6 Å². The van der Waals surface area contributed by atoms with Gasteiger partial charge in [-0.25, -0.2) is 0 Å². The monoisotopic (exact) mass is 420 g/mol. The van der Waals surface area contributed by atoms with Crippen LogP contribution in [0.25, 0.3) is 0 Å². The predicted molar refractivity (Wildman–Crippen MR) is 105 cm³/mol. The molecule has 0 saturated heterocycles. The van der Waals surface area contributed by atoms with Gasteiger partial charge in [0.25, 0.3) is 5.91 Å². The van der Waals surface area contributed by atoms with E-state index >= 15 is 0 Å². The normalized spacial score (nSPS) is 16.2. The predicted octanol–water partition coefficient (Wildman–Crippen LogP) is 4.31. The summed E-state index contributed by atoms with van der Waals surface area (Å²) in [6.45, 7) is 4.14. The van der Waals surface area contributed by atoms with Crippen molar-refractivity contribution in [1.29, 1.82) is 0 Å². The molecule has 6 heteroatoms. The Labute approximate surface area is 160 Å². The van der Waals surface area contributed by atoms with Crippen LogP contribution in [0.3, 0.4) is 0 Å². The molecule has 0 radical (unpaired) electrons. The molecule has 1 aromatic heterocycles. The second-order valence-corrected chi connectivity index (χ2v) is 8.65. The second-order valence-electron chi connectivity index (χ2n) is 6.60. The Kier molecular flexibility index (Phi) is 5.59. The van der Waals surface area contributed by atoms with Gasteiger partial charge in [-0.3, -0.25) is 9.59 Å². The summed E-state index contributed by atoms with van der Waals surface area (Å²) in [5.41, 5.74) is 3.01. The number of fused-ring (bicyclic) bond motifs is 1. The molecule has 3 rings (SSSR count). The maximum Gasteiger partial charge on any atom is 0.261 e. The van der Waals surface area contributed by atoms with Crippen LogP contribution >= 0.6 is 27.3 Å². The Morgan fingerprint density at radius 2 is 2.12 bits per heavy atom. The highest BCUT2D eigenvalue weighted by atomic mass is 79.9. The van der Waals surface area contributed by atoms with Crippen LogP contribution in [-0.4, -0.2) is 18.4 Å². The fraction of sp³-hybridized carbons (Fsp3) is 0.368. The number of hydrogen-bond acceptors (Lipinski definition) is 3. The van der Waals surface area contributed by atoms with Crippen molar-refractivity contribution in [2.45, 2.75) is 33.1 Å². The molecule has 0 bridgehead atoms. The lowest BCUT2D eigenvalue weighted by Gasteiger charge is -2.16. The van der Waals surface area contributed by atoms with Crippen LogP contribution in [0.5, 0.6) is 0 Å². The van der Waals surface area contributed by atoms with Crippen LogP contribution in [0.4, 0.5) is 5.69 Å². The molecule has 2 N–H and O–H groups in total. The average Bonchev–Trinajstić information content (AvgIpc) is 2.98. The first-order chi connectivity index (χ1) is 11.9. The average molecular weight is 421 g/mol. The van der Waals surface area contributed by atoms with E-state index in [2.05, 4.69) is 33.5 Å². The van der Waals surface area contributed by atoms with E-state index in [4.69, 9.17) is 0 Å². The maximum absolute atomic E-state index is 12.3. The molecular formula is C19H21BrN2O2S. The van der Waals surface area contributed by atoms with Gasteiger partial charge in [-0.05, 0) is 67.5 Å². The van der Waals surface area contributed by atoms with E-state index in [9.17, 15) is 9.59 Å². The molecule has 0 aliphatic heterocycles. The number of carbonyl (C=O) groups excluding carboxylic acids is 2. The lowest BCUT2D eigenvalue weighted by atomic mass is 9.90. The van der Waals surface area contributed by atoms with Gasteiger partial charge in [0, 0.05) is 15.0 Å². The van der Waals surface area contributed by atoms with E-state index in [1.165, 1.54) is 16.9 Å². The molecule has 1 heterocycles. The lowest BCUT2D eigenvalue weighted by Crippen LogP contribution is -2.32. The Balaban J connectivity index is 1.56. The Bertz CT molecular complexity index is 816. The largest absolute Gasteiger partial charge is 0.342 e. The number of hydrogen-bond donors (Lipinski definition) is 2. The van der Waals surface area contributed by atoms with Gasteiger partial charge in [0.15, 0.2) is 0 Å². The zero-order chi connectivity index (χ0) is 18.0. The number of anilines is 1. The molecule has 25 heavy (non-hydrogen) atoms. The van der Waals surface area contributed by atoms with Gasteiger partial charge in [-0.2, -0.15) is 0 Å². The van der Waals surface area contributed by atoms with Gasteiger partial charge >= 0.3 is 0 Å². The van der Waals surface area contributed by atoms with Crippen molar-refractivity contribution in [1.82, 2.24) is 5.32 Å². The van der Waals surface area contributed by atoms with E-state index in [1.54, 1.807) is 11.3 Å². The number of rotatable bonds is 4. The van der Waals surface area contributed by atoms with Gasteiger partial charge in [0.1, 0.15) is 0 Å². The van der Waals surface area contributed by atoms with Crippen LogP contribution in [0.15, 0.2) is 28.7 Å². The molecule has 1 aromatic carbocycles. The van der Waals surface area contributed by atoms with E-state index in [1.807, 2.05) is 31.2 Å². The fourth-order valence-corrected chi connectivity index (χ4v) is 4.63. The SMILES string of the molecule is Cc1cc(Br)ccc1NC(=O)CNC(=O)c1cc2c(s1)CCC(C)C2. The highest BCUT2D eigenvalue weighted by Crippen LogP contribution is 2.32. The smallest absolute Gasteiger partial charge is 0.261 e. The summed E-state index contributed by atoms with van der Waals surface area (Å²) >= 11 is 4.95. The van der Waals surface area contributed by atoms with Crippen molar-refractivity contribution in [2.75, 3.05) is 11.9 Å². The number of amides is 2. The third kappa shape index (κ3) is 4.50. The van der Waals surface area contributed by atoms with Crippen molar-refractivity contribution in [3.8, 4) is 0 Å². The Morgan fingerprint density at radius 1 is 1.32 bits per heavy atom. The van der Waals surface area contributed by atoms with Gasteiger partial charge in [0.05, 0.1) is 11.4 Å². The van der Waals surface area contributed by atoms with Crippen molar-refractivity contribution in [3.63, 3.8) is 0 Å². The number of carbonyl (C=O) groups is 2. The van der Waals surface area contributed by atoms with Gasteiger partial charge in [0.2, 0.25) is 5.91 Å². The van der Waals surface area contributed by atoms with Crippen molar-refractivity contribution in [3.05, 3.63) is 49.6 Å². The van der Waals surface area contributed by atoms with Crippen LogP contribution in [0, 0.1) is 12.8 Å². The standard InChI is InChI=1S/C19H21BrN2O2S/c1-11-3-6-16-13(7-11)9-17(25-16)19(24)21-10-18(23)22-15-5-4-14(20)8-12(15)2/h4-5,8-9,11H,3,6-7,10H2,1-2H3,(H,21,24)(H,22,23). The number of benzene rings is 1. The molecule has 0 spiro atoms. The lowest BCUT2D eigenvalue weighted by molar-refractivity contribution is -0.115. The van der Waals surface area contributed by atoms with E-state index in [-0.39, 0.29) is 18.4 Å². The fourth-order valence-electron chi connectivity index (χ4n) is 3.03. The van der Waals surface area contributed by atoms with Crippen LogP contribution in [0.1, 0.15) is 39.0 Å². The summed E-state index contributed by atoms with van der Waals surface area (Å²) in [7, 11) is 0. The number of aryl methyl sites for hydroxylation is 2. The highest BCUT2D eigenvalue weighted by Gasteiger charge is 2.20. The summed E-state index contributed by atoms with van der Waals surface area (Å²) in [5, 5.41) is 5.55. The first-order valence-corrected chi connectivity index (χ1v) is 9.99. The topological polar surface area (TPSA) is 58.2 Å². The van der Waals surface area contributed by atoms with Crippen molar-refractivity contribution >= 4 is 44.8 Å². The third-order valence-corrected chi connectivity index (χ3v) is 6.15. The molecule has 1 aliphatic carbocycles. The minimum atomic E-state index is -0.228. The zero-order valence-corrected chi connectivity index (χ0v) is 16.7. The minimum absolute atomic E-state index is 0.0344. The molecule has 132 valence electrons. The third-order valence-electron chi connectivity index (χ3n) is 4.43. The van der Waals surface area contributed by atoms with E-state index < -0.39 is 0 Å². The number of thiophene rings is 1. The van der Waals surface area contributed by atoms with E-state index in [0.29, 0.717) is 10.8 Å². The first-order valence-electron chi connectivity index (χ1n) is 8.38. The quantitative estimate of drug-likeness (QED) is 0.773. The van der Waals surface area contributed by atoms with Crippen LogP contribution < -0.4 is 10.6 Å². The van der Waals surface area contributed by atoms with E-state index in [0.717, 1.165) is 28.6 Å². The number of halogens is 1. The summed E-state index contributed by atoms with van der Waals surface area (Å²) < 4.78 is 0.965. The van der Waals surface area contributed by atoms with Crippen molar-refractivity contribution in [2.24, 2.45) is 5.92 Å². The Hall–Kier alpha value is -1.66. The summed E-state index contributed by atoms with van der Waals surface area (Å²) in [5.74, 6) is 0.279. The molecule has 1 aliphatic rings. The maximum atomic E-state index is 12.3. The van der Waals surface area contributed by atoms with Gasteiger partial charge in [-0.1, -0.05) is 22.9 Å². The molecule has 4 nitrogen and oxygen atoms in total. The molecular weight excluding hydrogens is 400 g/mol. The van der Waals surface area contributed by atoms with Crippen LogP contribution in [0.2, 0.25) is 0 Å². The summed E-state index contributed by atoms with van der Waals surface area (Å²) in [6.07, 6.45) is 3.28. The first kappa shape index (κ1) is 18.1. The molecule has 1 unspecified atom stereocenters. The molecule has 0 saturated carbocycles. The number of nitrogens with one attached hydrogen (secondary N) is 2. The van der Waals surface area contributed by atoms with Crippen molar-refractivity contribution < 1.29 is 9.59 Å². The molecule has 2 aromatic rings. The molecule has 2 amide bonds. The highest BCUT2D eigenvalue weighted by molar-refractivity contribution is 9.10. The summed E-state index contributed by atoms with van der Waals surface area (Å²) in [6, 6.07) is 7.64. The summed E-state index contributed by atoms with van der Waals surface area (Å²) in [4.78, 5) is 26.4. The Morgan fingerprint density at radius 3 is 2.88 bits per heavy atom. The zero-order valence-electron chi connectivity index (χ0n) is 14.3. The minimum Gasteiger partial charge on any atom is -0.342 e. The molecule has 1 atom stereocenters.